The molecule has 0 spiro atoms. The lowest BCUT2D eigenvalue weighted by Crippen LogP contribution is -2.57. The van der Waals surface area contributed by atoms with Crippen molar-refractivity contribution in [1.82, 2.24) is 30.7 Å². The topological polar surface area (TPSA) is 173 Å². The maximum atomic E-state index is 14.4. The van der Waals surface area contributed by atoms with E-state index >= 15 is 0 Å². The van der Waals surface area contributed by atoms with Crippen LogP contribution in [-0.2, 0) is 32.0 Å². The molecule has 272 valence electrons. The van der Waals surface area contributed by atoms with Gasteiger partial charge >= 0.3 is 0 Å². The lowest BCUT2D eigenvalue weighted by molar-refractivity contribution is -0.142. The second-order valence-corrected chi connectivity index (χ2v) is 13.5. The average molecular weight is 709 g/mol. The van der Waals surface area contributed by atoms with Gasteiger partial charge in [-0.1, -0.05) is 54.6 Å². The van der Waals surface area contributed by atoms with Crippen molar-refractivity contribution in [1.29, 1.82) is 0 Å². The molecule has 4 aromatic rings. The third-order valence-corrected chi connectivity index (χ3v) is 9.27. The molecule has 5 amide bonds. The molecule has 52 heavy (non-hydrogen) atoms. The summed E-state index contributed by atoms with van der Waals surface area (Å²) in [6, 6.07) is 20.2. The van der Waals surface area contributed by atoms with Crippen LogP contribution < -0.4 is 20.7 Å². The van der Waals surface area contributed by atoms with Gasteiger partial charge < -0.3 is 40.6 Å². The van der Waals surface area contributed by atoms with Gasteiger partial charge in [0.2, 0.25) is 23.6 Å². The van der Waals surface area contributed by atoms with Crippen molar-refractivity contribution < 1.29 is 33.8 Å². The van der Waals surface area contributed by atoms with Crippen molar-refractivity contribution in [3.63, 3.8) is 0 Å². The molecule has 2 saturated heterocycles. The molecule has 1 aromatic heterocycles. The summed E-state index contributed by atoms with van der Waals surface area (Å²) in [5.41, 5.74) is 2.70. The van der Waals surface area contributed by atoms with Crippen LogP contribution in [0.4, 0.5) is 0 Å². The van der Waals surface area contributed by atoms with Gasteiger partial charge in [-0.3, -0.25) is 24.0 Å². The SMILES string of the molecule is CC(C)Oc1cccc(C(=O)N2CCNC(=O)[C@H](Cc3ccccc3)NC(=O)[C@@H]3C[C@@H](O)CN3C(=O)[C@@H](Cc3c[nH]c4ccccc34)NC(=O)C2)c1. The van der Waals surface area contributed by atoms with Crippen LogP contribution in [0.5, 0.6) is 5.75 Å². The molecular weight excluding hydrogens is 664 g/mol. The highest BCUT2D eigenvalue weighted by Gasteiger charge is 2.43. The van der Waals surface area contributed by atoms with Gasteiger partial charge in [-0.05, 0) is 49.2 Å². The smallest absolute Gasteiger partial charge is 0.254 e. The maximum Gasteiger partial charge on any atom is 0.254 e. The number of fused-ring (bicyclic) bond motifs is 2. The third kappa shape index (κ3) is 8.60. The zero-order valence-electron chi connectivity index (χ0n) is 29.2. The number of carbonyl (C=O) groups is 5. The first-order chi connectivity index (χ1) is 25.0. The molecule has 0 saturated carbocycles. The van der Waals surface area contributed by atoms with Gasteiger partial charge in [-0.15, -0.1) is 0 Å². The molecule has 0 bridgehead atoms. The van der Waals surface area contributed by atoms with Gasteiger partial charge in [-0.25, -0.2) is 0 Å². The molecule has 13 nitrogen and oxygen atoms in total. The second kappa shape index (κ2) is 16.1. The van der Waals surface area contributed by atoms with E-state index in [2.05, 4.69) is 20.9 Å². The Balaban J connectivity index is 1.34. The number of ether oxygens (including phenoxy) is 1. The zero-order chi connectivity index (χ0) is 36.8. The molecule has 0 unspecified atom stereocenters. The van der Waals surface area contributed by atoms with E-state index in [9.17, 15) is 29.1 Å². The van der Waals surface area contributed by atoms with E-state index in [1.165, 1.54) is 9.80 Å². The number of aliphatic hydroxyl groups excluding tert-OH is 1. The Bertz CT molecular complexity index is 1930. The van der Waals surface area contributed by atoms with Crippen molar-refractivity contribution in [2.24, 2.45) is 0 Å². The van der Waals surface area contributed by atoms with Crippen LogP contribution in [0.3, 0.4) is 0 Å². The van der Waals surface area contributed by atoms with Crippen LogP contribution >= 0.6 is 0 Å². The van der Waals surface area contributed by atoms with Crippen LogP contribution in [0.1, 0.15) is 41.8 Å². The van der Waals surface area contributed by atoms with Gasteiger partial charge in [-0.2, -0.15) is 0 Å². The number of carbonyl (C=O) groups excluding carboxylic acids is 5. The Morgan fingerprint density at radius 1 is 0.904 bits per heavy atom. The quantitative estimate of drug-likeness (QED) is 0.195. The minimum atomic E-state index is -1.14. The van der Waals surface area contributed by atoms with Crippen LogP contribution in [0, 0.1) is 0 Å². The van der Waals surface area contributed by atoms with Gasteiger partial charge in [0.25, 0.3) is 5.91 Å². The predicted molar refractivity (Wildman–Crippen MR) is 193 cm³/mol. The first-order valence-corrected chi connectivity index (χ1v) is 17.6. The van der Waals surface area contributed by atoms with Crippen molar-refractivity contribution in [3.05, 3.63) is 102 Å². The summed E-state index contributed by atoms with van der Waals surface area (Å²) in [6.45, 7) is 3.13. The van der Waals surface area contributed by atoms with E-state index in [1.54, 1.807) is 30.5 Å². The van der Waals surface area contributed by atoms with Gasteiger partial charge in [0, 0.05) is 61.6 Å². The normalized spacial score (nSPS) is 21.9. The molecule has 3 aromatic carbocycles. The van der Waals surface area contributed by atoms with Crippen LogP contribution in [0.2, 0.25) is 0 Å². The van der Waals surface area contributed by atoms with E-state index in [4.69, 9.17) is 4.74 Å². The average Bonchev–Trinajstić information content (AvgIpc) is 3.73. The molecule has 2 fully saturated rings. The molecule has 5 N–H and O–H groups in total. The molecule has 0 radical (unpaired) electrons. The summed E-state index contributed by atoms with van der Waals surface area (Å²) in [4.78, 5) is 75.5. The van der Waals surface area contributed by atoms with Crippen molar-refractivity contribution >= 4 is 40.4 Å². The summed E-state index contributed by atoms with van der Waals surface area (Å²) in [5.74, 6) is -2.24. The van der Waals surface area contributed by atoms with Crippen LogP contribution in [0.25, 0.3) is 10.9 Å². The minimum Gasteiger partial charge on any atom is -0.491 e. The van der Waals surface area contributed by atoms with Crippen LogP contribution in [0.15, 0.2) is 85.1 Å². The van der Waals surface area contributed by atoms with E-state index in [0.717, 1.165) is 22.0 Å². The lowest BCUT2D eigenvalue weighted by atomic mass is 10.0. The predicted octanol–water partition coefficient (Wildman–Crippen LogP) is 1.94. The Labute approximate surface area is 301 Å². The number of hydrogen-bond acceptors (Lipinski definition) is 7. The number of aromatic amines is 1. The van der Waals surface area contributed by atoms with Crippen LogP contribution in [-0.4, -0.2) is 106 Å². The maximum absolute atomic E-state index is 14.4. The molecular formula is C39H44N6O7. The summed E-state index contributed by atoms with van der Waals surface area (Å²) in [7, 11) is 0. The highest BCUT2D eigenvalue weighted by Crippen LogP contribution is 2.24. The van der Waals surface area contributed by atoms with Crippen molar-refractivity contribution in [2.45, 2.75) is 63.4 Å². The molecule has 6 rings (SSSR count). The van der Waals surface area contributed by atoms with E-state index in [1.807, 2.05) is 68.4 Å². The number of para-hydroxylation sites is 1. The molecule has 2 aliphatic rings. The second-order valence-electron chi connectivity index (χ2n) is 13.5. The fourth-order valence-corrected chi connectivity index (χ4v) is 6.81. The Kier molecular flexibility index (Phi) is 11.2. The number of H-pyrrole nitrogens is 1. The number of aromatic nitrogens is 1. The van der Waals surface area contributed by atoms with E-state index < -0.39 is 60.3 Å². The number of nitrogens with one attached hydrogen (secondary N) is 4. The van der Waals surface area contributed by atoms with E-state index in [0.29, 0.717) is 5.75 Å². The van der Waals surface area contributed by atoms with Gasteiger partial charge in [0.15, 0.2) is 0 Å². The summed E-state index contributed by atoms with van der Waals surface area (Å²) < 4.78 is 5.79. The summed E-state index contributed by atoms with van der Waals surface area (Å²) >= 11 is 0. The molecule has 3 heterocycles. The van der Waals surface area contributed by atoms with Gasteiger partial charge in [0.1, 0.15) is 23.9 Å². The molecule has 2 aliphatic heterocycles. The largest absolute Gasteiger partial charge is 0.491 e. The molecule has 13 heteroatoms. The van der Waals surface area contributed by atoms with Crippen molar-refractivity contribution in [2.75, 3.05) is 26.2 Å². The first-order valence-electron chi connectivity index (χ1n) is 17.6. The first kappa shape index (κ1) is 36.1. The molecule has 0 aliphatic carbocycles. The number of rotatable bonds is 7. The summed E-state index contributed by atoms with van der Waals surface area (Å²) in [5, 5.41) is 20.1. The highest BCUT2D eigenvalue weighted by atomic mass is 16.5. The van der Waals surface area contributed by atoms with Gasteiger partial charge in [0.05, 0.1) is 18.8 Å². The minimum absolute atomic E-state index is 0.0207. The highest BCUT2D eigenvalue weighted by molar-refractivity contribution is 5.99. The lowest BCUT2D eigenvalue weighted by Gasteiger charge is -2.30. The monoisotopic (exact) mass is 708 g/mol. The number of nitrogens with zero attached hydrogens (tertiary/aromatic N) is 2. The third-order valence-electron chi connectivity index (χ3n) is 9.27. The fraction of sp³-hybridized carbons (Fsp3) is 0.359. The fourth-order valence-electron chi connectivity index (χ4n) is 6.81. The van der Waals surface area contributed by atoms with E-state index in [-0.39, 0.29) is 50.6 Å². The standard InChI is InChI=1S/C39H44N6O7/c1-24(2)52-29-12-8-11-26(18-29)38(50)44-16-15-40-36(48)32(17-25-9-4-3-5-10-25)43-37(49)34-20-28(46)22-45(34)39(51)33(42-35(47)23-44)19-27-21-41-31-14-7-6-13-30(27)31/h3-14,18,21,24,28,32-34,41,46H,15-17,19-20,22-23H2,1-2H3,(H,40,48)(H,42,47)(H,43,49)/t28-,32+,33-,34+/m1/s1. The number of aliphatic hydroxyl groups is 1. The Morgan fingerprint density at radius 2 is 1.67 bits per heavy atom. The molecule has 4 atom stereocenters. The number of benzene rings is 3. The Morgan fingerprint density at radius 3 is 2.46 bits per heavy atom. The number of hydrogen-bond donors (Lipinski definition) is 5. The zero-order valence-corrected chi connectivity index (χ0v) is 29.2. The number of amides is 5. The Hall–Kier alpha value is -5.69. The van der Waals surface area contributed by atoms with Crippen molar-refractivity contribution in [3.8, 4) is 5.75 Å². The summed E-state index contributed by atoms with van der Waals surface area (Å²) in [6.07, 6.45) is 0.860.